The van der Waals surface area contributed by atoms with Crippen molar-refractivity contribution in [2.75, 3.05) is 6.54 Å². The number of benzene rings is 1. The smallest absolute Gasteiger partial charge is 0.119 e. The predicted molar refractivity (Wildman–Crippen MR) is 69.2 cm³/mol. The Morgan fingerprint density at radius 1 is 1.24 bits per heavy atom. The third kappa shape index (κ3) is 1.85. The van der Waals surface area contributed by atoms with E-state index in [0.29, 0.717) is 17.8 Å². The third-order valence-electron chi connectivity index (χ3n) is 4.47. The number of nitrogens with zero attached hydrogens (tertiary/aromatic N) is 1. The number of piperidine rings is 1. The van der Waals surface area contributed by atoms with Crippen LogP contribution in [-0.4, -0.2) is 22.6 Å². The molecule has 1 fully saturated rings. The normalized spacial score (nSPS) is 29.2. The maximum atomic E-state index is 9.89. The van der Waals surface area contributed by atoms with Gasteiger partial charge in [-0.3, -0.25) is 4.90 Å². The Kier molecular flexibility index (Phi) is 2.83. The molecule has 0 spiro atoms. The molecule has 1 heterocycles. The number of fused-ring (bicyclic) bond motifs is 1. The summed E-state index contributed by atoms with van der Waals surface area (Å²) in [4.78, 5) is 2.65. The molecule has 2 aliphatic rings. The second-order valence-electron chi connectivity index (χ2n) is 5.48. The van der Waals surface area contributed by atoms with Gasteiger partial charge in [-0.25, -0.2) is 0 Å². The highest BCUT2D eigenvalue weighted by Gasteiger charge is 2.32. The first-order valence-electron chi connectivity index (χ1n) is 6.84. The van der Waals surface area contributed by atoms with Crippen molar-refractivity contribution in [3.8, 4) is 5.75 Å². The highest BCUT2D eigenvalue weighted by atomic mass is 16.3. The Morgan fingerprint density at radius 3 is 2.94 bits per heavy atom. The van der Waals surface area contributed by atoms with Gasteiger partial charge in [0.15, 0.2) is 0 Å². The lowest BCUT2D eigenvalue weighted by Crippen LogP contribution is -2.39. The summed E-state index contributed by atoms with van der Waals surface area (Å²) < 4.78 is 0. The molecule has 1 aromatic carbocycles. The van der Waals surface area contributed by atoms with Gasteiger partial charge in [0.2, 0.25) is 0 Å². The van der Waals surface area contributed by atoms with E-state index in [0.717, 1.165) is 6.42 Å². The van der Waals surface area contributed by atoms with Crippen LogP contribution < -0.4 is 0 Å². The average molecular weight is 231 g/mol. The average Bonchev–Trinajstić information content (AvgIpc) is 2.75. The Labute approximate surface area is 103 Å². The molecule has 2 atom stereocenters. The summed E-state index contributed by atoms with van der Waals surface area (Å²) in [6.07, 6.45) is 6.24. The van der Waals surface area contributed by atoms with E-state index < -0.39 is 0 Å². The van der Waals surface area contributed by atoms with Crippen LogP contribution in [0.15, 0.2) is 18.2 Å². The number of rotatable bonds is 1. The molecule has 17 heavy (non-hydrogen) atoms. The zero-order chi connectivity index (χ0) is 11.8. The number of aromatic hydroxyl groups is 1. The van der Waals surface area contributed by atoms with Crippen LogP contribution in [0, 0.1) is 0 Å². The van der Waals surface area contributed by atoms with Gasteiger partial charge in [-0.1, -0.05) is 18.6 Å². The molecular weight excluding hydrogens is 210 g/mol. The van der Waals surface area contributed by atoms with E-state index in [4.69, 9.17) is 0 Å². The van der Waals surface area contributed by atoms with E-state index in [-0.39, 0.29) is 0 Å². The second kappa shape index (κ2) is 4.34. The minimum Gasteiger partial charge on any atom is -0.508 e. The Balaban J connectivity index is 1.90. The van der Waals surface area contributed by atoms with Crippen molar-refractivity contribution in [1.82, 2.24) is 4.90 Å². The van der Waals surface area contributed by atoms with Gasteiger partial charge >= 0.3 is 0 Å². The highest BCUT2D eigenvalue weighted by Crippen LogP contribution is 2.41. The lowest BCUT2D eigenvalue weighted by molar-refractivity contribution is 0.105. The van der Waals surface area contributed by atoms with Gasteiger partial charge in [0.05, 0.1) is 0 Å². The first-order chi connectivity index (χ1) is 8.27. The van der Waals surface area contributed by atoms with Crippen molar-refractivity contribution in [3.63, 3.8) is 0 Å². The van der Waals surface area contributed by atoms with E-state index >= 15 is 0 Å². The summed E-state index contributed by atoms with van der Waals surface area (Å²) in [5.74, 6) is 0.495. The van der Waals surface area contributed by atoms with Gasteiger partial charge in [-0.15, -0.1) is 0 Å². The van der Waals surface area contributed by atoms with Gasteiger partial charge in [-0.2, -0.15) is 0 Å². The first-order valence-corrected chi connectivity index (χ1v) is 6.84. The Bertz CT molecular complexity index is 415. The van der Waals surface area contributed by atoms with Gasteiger partial charge in [-0.05, 0) is 56.3 Å². The molecule has 1 aliphatic heterocycles. The van der Waals surface area contributed by atoms with E-state index in [9.17, 15) is 5.11 Å². The summed E-state index contributed by atoms with van der Waals surface area (Å²) >= 11 is 0. The molecule has 0 aromatic heterocycles. The van der Waals surface area contributed by atoms with E-state index in [1.807, 2.05) is 12.1 Å². The monoisotopic (exact) mass is 231 g/mol. The largest absolute Gasteiger partial charge is 0.508 e. The zero-order valence-electron chi connectivity index (χ0n) is 10.5. The Hall–Kier alpha value is -1.02. The fourth-order valence-electron chi connectivity index (χ4n) is 3.54. The molecule has 2 unspecified atom stereocenters. The lowest BCUT2D eigenvalue weighted by atomic mass is 9.98. The number of likely N-dealkylation sites (tertiary alicyclic amines) is 1. The molecule has 1 aromatic rings. The minimum atomic E-state index is 0.495. The summed E-state index contributed by atoms with van der Waals surface area (Å²) in [5, 5.41) is 9.89. The summed E-state index contributed by atoms with van der Waals surface area (Å²) in [7, 11) is 0. The van der Waals surface area contributed by atoms with Crippen molar-refractivity contribution >= 4 is 0 Å². The van der Waals surface area contributed by atoms with Crippen LogP contribution in [0.25, 0.3) is 0 Å². The predicted octanol–water partition coefficient (Wildman–Crippen LogP) is 3.25. The zero-order valence-corrected chi connectivity index (χ0v) is 10.5. The maximum Gasteiger partial charge on any atom is 0.119 e. The molecule has 92 valence electrons. The van der Waals surface area contributed by atoms with Crippen molar-refractivity contribution in [1.29, 1.82) is 0 Å². The van der Waals surface area contributed by atoms with Crippen molar-refractivity contribution < 1.29 is 5.11 Å². The molecule has 2 heteroatoms. The number of phenolic OH excluding ortho intramolecular Hbond substituents is 1. The molecule has 0 bridgehead atoms. The molecule has 0 radical (unpaired) electrons. The lowest BCUT2D eigenvalue weighted by Gasteiger charge is -2.38. The van der Waals surface area contributed by atoms with Crippen LogP contribution in [-0.2, 0) is 6.42 Å². The van der Waals surface area contributed by atoms with Crippen LogP contribution in [0.5, 0.6) is 5.75 Å². The van der Waals surface area contributed by atoms with Gasteiger partial charge in [0.25, 0.3) is 0 Å². The summed E-state index contributed by atoms with van der Waals surface area (Å²) in [6, 6.07) is 7.25. The molecule has 1 aliphatic carbocycles. The third-order valence-corrected chi connectivity index (χ3v) is 4.47. The number of phenols is 1. The first kappa shape index (κ1) is 11.1. The SMILES string of the molecule is CC1CCCCN1C1CCc2c(O)cccc21. The fraction of sp³-hybridized carbons (Fsp3) is 0.600. The molecule has 2 nitrogen and oxygen atoms in total. The van der Waals surface area contributed by atoms with Gasteiger partial charge in [0.1, 0.15) is 5.75 Å². The highest BCUT2D eigenvalue weighted by molar-refractivity contribution is 5.44. The van der Waals surface area contributed by atoms with Gasteiger partial charge in [0, 0.05) is 12.1 Å². The van der Waals surface area contributed by atoms with Gasteiger partial charge < -0.3 is 5.11 Å². The minimum absolute atomic E-state index is 0.495. The van der Waals surface area contributed by atoms with Crippen molar-refractivity contribution in [2.24, 2.45) is 0 Å². The van der Waals surface area contributed by atoms with Crippen LogP contribution in [0.4, 0.5) is 0 Å². The number of hydrogen-bond donors (Lipinski definition) is 1. The molecule has 1 N–H and O–H groups in total. The van der Waals surface area contributed by atoms with Crippen LogP contribution in [0.3, 0.4) is 0 Å². The maximum absolute atomic E-state index is 9.89. The van der Waals surface area contributed by atoms with Crippen LogP contribution in [0.2, 0.25) is 0 Å². The van der Waals surface area contributed by atoms with Crippen molar-refractivity contribution in [3.05, 3.63) is 29.3 Å². The molecule has 0 saturated carbocycles. The van der Waals surface area contributed by atoms with Crippen LogP contribution in [0.1, 0.15) is 49.8 Å². The van der Waals surface area contributed by atoms with E-state index in [2.05, 4.69) is 17.9 Å². The second-order valence-corrected chi connectivity index (χ2v) is 5.48. The Morgan fingerprint density at radius 2 is 2.12 bits per heavy atom. The van der Waals surface area contributed by atoms with Crippen molar-refractivity contribution in [2.45, 2.75) is 51.1 Å². The molecule has 1 saturated heterocycles. The summed E-state index contributed by atoms with van der Waals surface area (Å²) in [5.41, 5.74) is 2.56. The standard InChI is InChI=1S/C15H21NO/c1-11-5-2-3-10-16(11)14-9-8-13-12(14)6-4-7-15(13)17/h4,6-7,11,14,17H,2-3,5,8-10H2,1H3. The summed E-state index contributed by atoms with van der Waals surface area (Å²) in [6.45, 7) is 3.57. The topological polar surface area (TPSA) is 23.5 Å². The number of hydrogen-bond acceptors (Lipinski definition) is 2. The molecule has 3 rings (SSSR count). The molecule has 0 amide bonds. The molecular formula is C15H21NO. The van der Waals surface area contributed by atoms with E-state index in [1.165, 1.54) is 43.4 Å². The quantitative estimate of drug-likeness (QED) is 0.802. The fourth-order valence-corrected chi connectivity index (χ4v) is 3.54. The van der Waals surface area contributed by atoms with E-state index in [1.54, 1.807) is 0 Å². The van der Waals surface area contributed by atoms with Crippen LogP contribution >= 0.6 is 0 Å².